The standard InChI is InChI=1S/C8H15NO2/c1-6(2)9-4-7(3)11-5-8(9)10/h6-7H,4-5H2,1-3H3/t7-/m1/s1. The Morgan fingerprint density at radius 1 is 1.64 bits per heavy atom. The van der Waals surface area contributed by atoms with E-state index < -0.39 is 0 Å². The molecule has 0 bridgehead atoms. The molecule has 0 aromatic carbocycles. The molecule has 0 aromatic heterocycles. The first-order valence-electron chi connectivity index (χ1n) is 4.02. The summed E-state index contributed by atoms with van der Waals surface area (Å²) in [5, 5.41) is 0. The summed E-state index contributed by atoms with van der Waals surface area (Å²) in [6.45, 7) is 7.02. The van der Waals surface area contributed by atoms with E-state index in [1.807, 2.05) is 25.7 Å². The largest absolute Gasteiger partial charge is 0.367 e. The van der Waals surface area contributed by atoms with Crippen molar-refractivity contribution in [1.82, 2.24) is 4.90 Å². The minimum Gasteiger partial charge on any atom is -0.367 e. The molecule has 1 amide bonds. The number of nitrogens with zero attached hydrogens (tertiary/aromatic N) is 1. The lowest BCUT2D eigenvalue weighted by Crippen LogP contribution is -2.48. The Balaban J connectivity index is 2.54. The van der Waals surface area contributed by atoms with Gasteiger partial charge in [-0.2, -0.15) is 0 Å². The van der Waals surface area contributed by atoms with Crippen molar-refractivity contribution >= 4 is 5.91 Å². The third kappa shape index (κ3) is 1.93. The molecule has 1 fully saturated rings. The van der Waals surface area contributed by atoms with Crippen LogP contribution in [0.15, 0.2) is 0 Å². The fourth-order valence-electron chi connectivity index (χ4n) is 1.23. The fourth-order valence-corrected chi connectivity index (χ4v) is 1.23. The molecule has 1 atom stereocenters. The second-order valence-electron chi connectivity index (χ2n) is 3.26. The molecule has 0 spiro atoms. The van der Waals surface area contributed by atoms with E-state index in [1.54, 1.807) is 0 Å². The molecular weight excluding hydrogens is 142 g/mol. The van der Waals surface area contributed by atoms with E-state index in [0.29, 0.717) is 6.04 Å². The van der Waals surface area contributed by atoms with Crippen molar-refractivity contribution in [2.45, 2.75) is 32.9 Å². The second-order valence-corrected chi connectivity index (χ2v) is 3.26. The van der Waals surface area contributed by atoms with Gasteiger partial charge in [-0.3, -0.25) is 4.79 Å². The molecule has 64 valence electrons. The molecule has 1 heterocycles. The SMILES string of the molecule is CC(C)N1C[C@@H](C)OCC1=O. The highest BCUT2D eigenvalue weighted by molar-refractivity contribution is 5.78. The minimum absolute atomic E-state index is 0.109. The highest BCUT2D eigenvalue weighted by atomic mass is 16.5. The molecule has 0 saturated carbocycles. The lowest BCUT2D eigenvalue weighted by Gasteiger charge is -2.33. The summed E-state index contributed by atoms with van der Waals surface area (Å²) in [4.78, 5) is 13.0. The van der Waals surface area contributed by atoms with Gasteiger partial charge in [-0.05, 0) is 20.8 Å². The maximum atomic E-state index is 11.2. The predicted molar refractivity (Wildman–Crippen MR) is 42.3 cm³/mol. The Bertz CT molecular complexity index is 156. The molecule has 1 aliphatic heterocycles. The molecule has 3 heteroatoms. The smallest absolute Gasteiger partial charge is 0.248 e. The third-order valence-corrected chi connectivity index (χ3v) is 1.89. The van der Waals surface area contributed by atoms with E-state index in [2.05, 4.69) is 0 Å². The second kappa shape index (κ2) is 3.22. The van der Waals surface area contributed by atoms with Crippen LogP contribution in [-0.2, 0) is 9.53 Å². The van der Waals surface area contributed by atoms with Gasteiger partial charge in [0.15, 0.2) is 0 Å². The molecule has 1 saturated heterocycles. The van der Waals surface area contributed by atoms with Crippen LogP contribution in [0.1, 0.15) is 20.8 Å². The lowest BCUT2D eigenvalue weighted by atomic mass is 10.2. The number of ether oxygens (including phenoxy) is 1. The molecule has 1 rings (SSSR count). The Labute approximate surface area is 67.3 Å². The van der Waals surface area contributed by atoms with Gasteiger partial charge in [0.05, 0.1) is 6.10 Å². The van der Waals surface area contributed by atoms with Gasteiger partial charge in [-0.1, -0.05) is 0 Å². The van der Waals surface area contributed by atoms with Gasteiger partial charge >= 0.3 is 0 Å². The number of hydrogen-bond donors (Lipinski definition) is 0. The number of rotatable bonds is 1. The maximum absolute atomic E-state index is 11.2. The number of morpholine rings is 1. The summed E-state index contributed by atoms with van der Waals surface area (Å²) >= 11 is 0. The first kappa shape index (κ1) is 8.53. The van der Waals surface area contributed by atoms with Crippen LogP contribution in [0.4, 0.5) is 0 Å². The van der Waals surface area contributed by atoms with Crippen LogP contribution < -0.4 is 0 Å². The summed E-state index contributed by atoms with van der Waals surface area (Å²) in [6.07, 6.45) is 0.190. The average Bonchev–Trinajstić information content (AvgIpc) is 1.94. The van der Waals surface area contributed by atoms with Crippen molar-refractivity contribution in [1.29, 1.82) is 0 Å². The van der Waals surface area contributed by atoms with Gasteiger partial charge < -0.3 is 9.64 Å². The van der Waals surface area contributed by atoms with Gasteiger partial charge in [0.1, 0.15) is 6.61 Å². The van der Waals surface area contributed by atoms with Crippen molar-refractivity contribution in [3.8, 4) is 0 Å². The number of hydrogen-bond acceptors (Lipinski definition) is 2. The van der Waals surface area contributed by atoms with Crippen LogP contribution in [0.2, 0.25) is 0 Å². The maximum Gasteiger partial charge on any atom is 0.248 e. The molecule has 0 aromatic rings. The summed E-state index contributed by atoms with van der Waals surface area (Å²) in [6, 6.07) is 0.300. The predicted octanol–water partition coefficient (Wildman–Crippen LogP) is 0.642. The molecule has 0 radical (unpaired) electrons. The quantitative estimate of drug-likeness (QED) is 0.559. The summed E-state index contributed by atoms with van der Waals surface area (Å²) in [7, 11) is 0. The van der Waals surface area contributed by atoms with Crippen molar-refractivity contribution in [2.24, 2.45) is 0 Å². The lowest BCUT2D eigenvalue weighted by molar-refractivity contribution is -0.150. The topological polar surface area (TPSA) is 29.5 Å². The van der Waals surface area contributed by atoms with E-state index in [4.69, 9.17) is 4.74 Å². The molecular formula is C8H15NO2. The first-order valence-corrected chi connectivity index (χ1v) is 4.02. The van der Waals surface area contributed by atoms with E-state index in [0.717, 1.165) is 6.54 Å². The third-order valence-electron chi connectivity index (χ3n) is 1.89. The number of amides is 1. The highest BCUT2D eigenvalue weighted by Crippen LogP contribution is 2.08. The Hall–Kier alpha value is -0.570. The van der Waals surface area contributed by atoms with Gasteiger partial charge in [0.2, 0.25) is 5.91 Å². The van der Waals surface area contributed by atoms with Gasteiger partial charge in [-0.25, -0.2) is 0 Å². The molecule has 0 N–H and O–H groups in total. The number of carbonyl (C=O) groups is 1. The minimum atomic E-state index is 0.109. The molecule has 11 heavy (non-hydrogen) atoms. The number of carbonyl (C=O) groups excluding carboxylic acids is 1. The average molecular weight is 157 g/mol. The summed E-state index contributed by atoms with van der Waals surface area (Å²) < 4.78 is 5.18. The van der Waals surface area contributed by atoms with E-state index in [1.165, 1.54) is 0 Å². The van der Waals surface area contributed by atoms with Crippen molar-refractivity contribution in [2.75, 3.05) is 13.2 Å². The zero-order chi connectivity index (χ0) is 8.43. The Morgan fingerprint density at radius 3 is 2.73 bits per heavy atom. The fraction of sp³-hybridized carbons (Fsp3) is 0.875. The van der Waals surface area contributed by atoms with Crippen molar-refractivity contribution in [3.63, 3.8) is 0 Å². The Morgan fingerprint density at radius 2 is 2.27 bits per heavy atom. The van der Waals surface area contributed by atoms with Crippen molar-refractivity contribution < 1.29 is 9.53 Å². The van der Waals surface area contributed by atoms with Crippen LogP contribution in [0.3, 0.4) is 0 Å². The van der Waals surface area contributed by atoms with Crippen LogP contribution in [0, 0.1) is 0 Å². The van der Waals surface area contributed by atoms with E-state index in [-0.39, 0.29) is 18.6 Å². The molecule has 1 aliphatic rings. The van der Waals surface area contributed by atoms with Crippen molar-refractivity contribution in [3.05, 3.63) is 0 Å². The molecule has 3 nitrogen and oxygen atoms in total. The normalized spacial score (nSPS) is 26.4. The van der Waals surface area contributed by atoms with E-state index in [9.17, 15) is 4.79 Å². The molecule has 0 unspecified atom stereocenters. The van der Waals surface area contributed by atoms with Gasteiger partial charge in [0.25, 0.3) is 0 Å². The van der Waals surface area contributed by atoms with Crippen LogP contribution in [0.5, 0.6) is 0 Å². The monoisotopic (exact) mass is 157 g/mol. The van der Waals surface area contributed by atoms with Crippen LogP contribution >= 0.6 is 0 Å². The zero-order valence-corrected chi connectivity index (χ0v) is 7.33. The van der Waals surface area contributed by atoms with Crippen LogP contribution in [0.25, 0.3) is 0 Å². The van der Waals surface area contributed by atoms with Gasteiger partial charge in [-0.15, -0.1) is 0 Å². The molecule has 0 aliphatic carbocycles. The van der Waals surface area contributed by atoms with Gasteiger partial charge in [0, 0.05) is 12.6 Å². The zero-order valence-electron chi connectivity index (χ0n) is 7.33. The van der Waals surface area contributed by atoms with Crippen LogP contribution in [-0.4, -0.2) is 36.1 Å². The Kier molecular flexibility index (Phi) is 2.49. The van der Waals surface area contributed by atoms with E-state index >= 15 is 0 Å². The highest BCUT2D eigenvalue weighted by Gasteiger charge is 2.24. The summed E-state index contributed by atoms with van der Waals surface area (Å²) in [5.74, 6) is 0.109. The first-order chi connectivity index (χ1) is 5.11. The summed E-state index contributed by atoms with van der Waals surface area (Å²) in [5.41, 5.74) is 0.